The minimum atomic E-state index is -0.532. The van der Waals surface area contributed by atoms with Gasteiger partial charge < -0.3 is 4.74 Å². The second-order valence-electron chi connectivity index (χ2n) is 4.87. The lowest BCUT2D eigenvalue weighted by Gasteiger charge is -2.17. The number of aromatic nitrogens is 1. The molecule has 0 aromatic carbocycles. The number of halogens is 1. The Hall–Kier alpha value is -1.36. The van der Waals surface area contributed by atoms with Crippen molar-refractivity contribution in [1.82, 2.24) is 4.98 Å². The summed E-state index contributed by atoms with van der Waals surface area (Å²) in [7, 11) is 0. The van der Waals surface area contributed by atoms with Gasteiger partial charge in [-0.3, -0.25) is 10.1 Å². The lowest BCUT2D eigenvalue weighted by molar-refractivity contribution is -0.386. The van der Waals surface area contributed by atoms with Crippen LogP contribution in [0.4, 0.5) is 5.69 Å². The van der Waals surface area contributed by atoms with Crippen LogP contribution in [0.2, 0.25) is 5.15 Å². The summed E-state index contributed by atoms with van der Waals surface area (Å²) >= 11 is 5.68. The fraction of sp³-hybridized carbons (Fsp3) is 0.545. The summed E-state index contributed by atoms with van der Waals surface area (Å²) in [6.07, 6.45) is 0.776. The number of hydrogen-bond donors (Lipinski definition) is 0. The zero-order valence-electron chi connectivity index (χ0n) is 10.1. The highest BCUT2D eigenvalue weighted by Crippen LogP contribution is 2.27. The molecule has 0 unspecified atom stereocenters. The summed E-state index contributed by atoms with van der Waals surface area (Å²) in [6.45, 7) is 6.57. The van der Waals surface area contributed by atoms with E-state index in [-0.39, 0.29) is 22.1 Å². The van der Waals surface area contributed by atoms with Gasteiger partial charge in [-0.1, -0.05) is 32.4 Å². The maximum atomic E-state index is 10.7. The smallest absolute Gasteiger partial charge is 0.331 e. The maximum Gasteiger partial charge on any atom is 0.331 e. The highest BCUT2D eigenvalue weighted by atomic mass is 35.5. The zero-order chi connectivity index (χ0) is 13.1. The maximum absolute atomic E-state index is 10.7. The van der Waals surface area contributed by atoms with Crippen LogP contribution in [0.25, 0.3) is 0 Å². The molecule has 5 nitrogen and oxygen atoms in total. The highest BCUT2D eigenvalue weighted by molar-refractivity contribution is 6.29. The van der Waals surface area contributed by atoms with Gasteiger partial charge in [0.2, 0.25) is 0 Å². The Morgan fingerprint density at radius 1 is 1.47 bits per heavy atom. The highest BCUT2D eigenvalue weighted by Gasteiger charge is 2.18. The van der Waals surface area contributed by atoms with E-state index in [0.717, 1.165) is 6.42 Å². The molecule has 1 aromatic heterocycles. The molecule has 0 spiro atoms. The van der Waals surface area contributed by atoms with E-state index in [2.05, 4.69) is 25.8 Å². The third-order valence-corrected chi connectivity index (χ3v) is 2.30. The van der Waals surface area contributed by atoms with Crippen molar-refractivity contribution in [3.8, 4) is 5.88 Å². The summed E-state index contributed by atoms with van der Waals surface area (Å²) in [6, 6.07) is 2.66. The molecule has 0 saturated carbocycles. The lowest BCUT2D eigenvalue weighted by atomic mass is 9.93. The van der Waals surface area contributed by atoms with E-state index in [9.17, 15) is 10.1 Å². The van der Waals surface area contributed by atoms with Gasteiger partial charge in [-0.05, 0) is 17.9 Å². The largest absolute Gasteiger partial charge is 0.473 e. The van der Waals surface area contributed by atoms with Crippen molar-refractivity contribution in [1.29, 1.82) is 0 Å². The van der Waals surface area contributed by atoms with Gasteiger partial charge >= 0.3 is 5.69 Å². The Balaban J connectivity index is 2.75. The summed E-state index contributed by atoms with van der Waals surface area (Å²) in [5, 5.41) is 10.9. The van der Waals surface area contributed by atoms with Crippen molar-refractivity contribution in [3.63, 3.8) is 0 Å². The van der Waals surface area contributed by atoms with Crippen LogP contribution in [0.3, 0.4) is 0 Å². The molecule has 94 valence electrons. The van der Waals surface area contributed by atoms with Gasteiger partial charge in [-0.2, -0.15) is 4.98 Å². The normalized spacial score (nSPS) is 11.3. The van der Waals surface area contributed by atoms with Crippen molar-refractivity contribution in [2.75, 3.05) is 6.61 Å². The van der Waals surface area contributed by atoms with Crippen molar-refractivity contribution < 1.29 is 9.66 Å². The average Bonchev–Trinajstić information content (AvgIpc) is 2.15. The molecule has 0 bridgehead atoms. The first-order valence-electron chi connectivity index (χ1n) is 5.23. The topological polar surface area (TPSA) is 65.3 Å². The van der Waals surface area contributed by atoms with Crippen LogP contribution in [0.15, 0.2) is 12.1 Å². The molecule has 17 heavy (non-hydrogen) atoms. The number of ether oxygens (including phenoxy) is 1. The van der Waals surface area contributed by atoms with Gasteiger partial charge in [-0.25, -0.2) is 0 Å². The Morgan fingerprint density at radius 3 is 2.65 bits per heavy atom. The molecular formula is C11H15ClN2O3. The molecule has 0 N–H and O–H groups in total. The first-order chi connectivity index (χ1) is 7.79. The molecular weight excluding hydrogens is 244 g/mol. The third kappa shape index (κ3) is 4.56. The number of hydrogen-bond acceptors (Lipinski definition) is 4. The summed E-state index contributed by atoms with van der Waals surface area (Å²) < 4.78 is 5.32. The Morgan fingerprint density at radius 2 is 2.12 bits per heavy atom. The van der Waals surface area contributed by atoms with E-state index in [0.29, 0.717) is 6.61 Å². The molecule has 0 amide bonds. The van der Waals surface area contributed by atoms with Crippen molar-refractivity contribution in [2.24, 2.45) is 5.41 Å². The van der Waals surface area contributed by atoms with Crippen molar-refractivity contribution in [2.45, 2.75) is 27.2 Å². The molecule has 6 heteroatoms. The van der Waals surface area contributed by atoms with Gasteiger partial charge in [0, 0.05) is 6.07 Å². The van der Waals surface area contributed by atoms with Gasteiger partial charge in [0.1, 0.15) is 5.15 Å². The van der Waals surface area contributed by atoms with Crippen molar-refractivity contribution in [3.05, 3.63) is 27.4 Å². The predicted molar refractivity (Wildman–Crippen MR) is 65.5 cm³/mol. The van der Waals surface area contributed by atoms with Crippen LogP contribution >= 0.6 is 11.6 Å². The minimum Gasteiger partial charge on any atom is -0.473 e. The van der Waals surface area contributed by atoms with E-state index in [1.807, 2.05) is 0 Å². The number of nitrogens with zero attached hydrogens (tertiary/aromatic N) is 2. The number of rotatable bonds is 4. The molecule has 1 rings (SSSR count). The van der Waals surface area contributed by atoms with Crippen LogP contribution in [0, 0.1) is 15.5 Å². The molecule has 0 aliphatic heterocycles. The first kappa shape index (κ1) is 13.7. The van der Waals surface area contributed by atoms with E-state index in [1.54, 1.807) is 0 Å². The molecule has 1 aromatic rings. The zero-order valence-corrected chi connectivity index (χ0v) is 10.8. The standard InChI is InChI=1S/C11H15ClN2O3/c1-11(2,3)6-7-17-10-8(14(15)16)4-5-9(12)13-10/h4-5H,6-7H2,1-3H3. The molecule has 1 heterocycles. The van der Waals surface area contributed by atoms with E-state index >= 15 is 0 Å². The summed E-state index contributed by atoms with van der Waals surface area (Å²) in [5.41, 5.74) is -0.0591. The van der Waals surface area contributed by atoms with Crippen LogP contribution in [-0.2, 0) is 0 Å². The Bertz CT molecular complexity index is 416. The SMILES string of the molecule is CC(C)(C)CCOc1nc(Cl)ccc1[N+](=O)[O-]. The van der Waals surface area contributed by atoms with Gasteiger partial charge in [0.25, 0.3) is 5.88 Å². The molecule has 0 fully saturated rings. The third-order valence-electron chi connectivity index (χ3n) is 2.09. The van der Waals surface area contributed by atoms with Crippen molar-refractivity contribution >= 4 is 17.3 Å². The predicted octanol–water partition coefficient (Wildman–Crippen LogP) is 3.46. The Labute approximate surface area is 105 Å². The van der Waals surface area contributed by atoms with E-state index in [1.165, 1.54) is 12.1 Å². The molecule has 0 aliphatic rings. The quantitative estimate of drug-likeness (QED) is 0.471. The van der Waals surface area contributed by atoms with Gasteiger partial charge in [0.15, 0.2) is 0 Å². The number of nitro groups is 1. The fourth-order valence-electron chi connectivity index (χ4n) is 1.11. The fourth-order valence-corrected chi connectivity index (χ4v) is 1.25. The van der Waals surface area contributed by atoms with Crippen LogP contribution in [0.5, 0.6) is 5.88 Å². The average molecular weight is 259 g/mol. The van der Waals surface area contributed by atoms with Gasteiger partial charge in [-0.15, -0.1) is 0 Å². The Kier molecular flexibility index (Phi) is 4.28. The van der Waals surface area contributed by atoms with Gasteiger partial charge in [0.05, 0.1) is 11.5 Å². The number of pyridine rings is 1. The minimum absolute atomic E-state index is 0.0215. The monoisotopic (exact) mass is 258 g/mol. The van der Waals surface area contributed by atoms with Crippen LogP contribution in [-0.4, -0.2) is 16.5 Å². The molecule has 0 saturated heterocycles. The first-order valence-corrected chi connectivity index (χ1v) is 5.61. The van der Waals surface area contributed by atoms with Crippen LogP contribution in [0.1, 0.15) is 27.2 Å². The lowest BCUT2D eigenvalue weighted by Crippen LogP contribution is -2.12. The summed E-state index contributed by atoms with van der Waals surface area (Å²) in [4.78, 5) is 14.0. The second-order valence-corrected chi connectivity index (χ2v) is 5.26. The summed E-state index contributed by atoms with van der Waals surface area (Å²) in [5.74, 6) is -0.0215. The van der Waals surface area contributed by atoms with Crippen LogP contribution < -0.4 is 4.74 Å². The van der Waals surface area contributed by atoms with E-state index < -0.39 is 4.92 Å². The molecule has 0 radical (unpaired) electrons. The molecule has 0 atom stereocenters. The second kappa shape index (κ2) is 5.31. The molecule has 0 aliphatic carbocycles. The van der Waals surface area contributed by atoms with E-state index in [4.69, 9.17) is 16.3 Å².